The molecule has 14 nitrogen and oxygen atoms in total. The maximum Gasteiger partial charge on any atom is 0.331 e. The van der Waals surface area contributed by atoms with E-state index in [1.54, 1.807) is 0 Å². The van der Waals surface area contributed by atoms with Gasteiger partial charge in [-0.3, -0.25) is 4.79 Å². The van der Waals surface area contributed by atoms with Crippen molar-refractivity contribution in [1.82, 2.24) is 0 Å². The predicted molar refractivity (Wildman–Crippen MR) is 132 cm³/mol. The van der Waals surface area contributed by atoms with Crippen LogP contribution in [0.5, 0.6) is 0 Å². The van der Waals surface area contributed by atoms with E-state index >= 15 is 0 Å². The van der Waals surface area contributed by atoms with E-state index in [2.05, 4.69) is 4.74 Å². The SMILES string of the molecule is COC(=O)COCCOCCOCCOCCOCCOCCOCCOCCOCCOCCC(=O)O. The summed E-state index contributed by atoms with van der Waals surface area (Å²) in [6.45, 7) is 8.14. The van der Waals surface area contributed by atoms with Crippen LogP contribution < -0.4 is 0 Å². The van der Waals surface area contributed by atoms with Gasteiger partial charge in [0.05, 0.1) is 139 Å². The third kappa shape index (κ3) is 32.6. The minimum Gasteiger partial charge on any atom is -0.481 e. The van der Waals surface area contributed by atoms with Gasteiger partial charge in [0, 0.05) is 0 Å². The van der Waals surface area contributed by atoms with Crippen molar-refractivity contribution in [2.24, 2.45) is 0 Å². The molecule has 0 amide bonds. The highest BCUT2D eigenvalue weighted by atomic mass is 16.6. The summed E-state index contributed by atoms with van der Waals surface area (Å²) in [5.41, 5.74) is 0. The first kappa shape index (κ1) is 36.5. The van der Waals surface area contributed by atoms with Crippen molar-refractivity contribution in [1.29, 1.82) is 0 Å². The summed E-state index contributed by atoms with van der Waals surface area (Å²) in [6, 6.07) is 0. The lowest BCUT2D eigenvalue weighted by Gasteiger charge is -2.09. The van der Waals surface area contributed by atoms with Crippen molar-refractivity contribution in [3.05, 3.63) is 0 Å². The molecule has 0 heterocycles. The Labute approximate surface area is 224 Å². The first-order chi connectivity index (χ1) is 18.7. The Kier molecular flexibility index (Phi) is 30.5. The zero-order chi connectivity index (χ0) is 27.8. The van der Waals surface area contributed by atoms with E-state index in [0.29, 0.717) is 119 Å². The van der Waals surface area contributed by atoms with Gasteiger partial charge in [-0.1, -0.05) is 0 Å². The molecular weight excluding hydrogens is 512 g/mol. The molecule has 0 atom stereocenters. The number of carboxylic acid groups (broad SMARTS) is 1. The fourth-order valence-corrected chi connectivity index (χ4v) is 2.35. The zero-order valence-electron chi connectivity index (χ0n) is 22.6. The Morgan fingerprint density at radius 2 is 0.658 bits per heavy atom. The molecule has 0 aliphatic rings. The van der Waals surface area contributed by atoms with Crippen LogP contribution in [0.1, 0.15) is 6.42 Å². The third-order valence-corrected chi connectivity index (χ3v) is 4.26. The van der Waals surface area contributed by atoms with Gasteiger partial charge in [0.15, 0.2) is 0 Å². The Hall–Kier alpha value is -1.46. The lowest BCUT2D eigenvalue weighted by molar-refractivity contribution is -0.146. The fraction of sp³-hybridized carbons (Fsp3) is 0.917. The monoisotopic (exact) mass is 558 g/mol. The van der Waals surface area contributed by atoms with E-state index in [9.17, 15) is 9.59 Å². The summed E-state index contributed by atoms with van der Waals surface area (Å²) in [6.07, 6.45) is -0.00465. The summed E-state index contributed by atoms with van der Waals surface area (Å²) in [7, 11) is 1.31. The molecule has 0 radical (unpaired) electrons. The molecular formula is C24H46O14. The van der Waals surface area contributed by atoms with Gasteiger partial charge in [-0.25, -0.2) is 4.79 Å². The van der Waals surface area contributed by atoms with E-state index in [1.165, 1.54) is 7.11 Å². The molecule has 0 saturated heterocycles. The van der Waals surface area contributed by atoms with Crippen LogP contribution >= 0.6 is 0 Å². The molecule has 1 N–H and O–H groups in total. The van der Waals surface area contributed by atoms with Crippen LogP contribution in [0.15, 0.2) is 0 Å². The van der Waals surface area contributed by atoms with Gasteiger partial charge in [0.2, 0.25) is 0 Å². The molecule has 0 saturated carbocycles. The first-order valence-corrected chi connectivity index (χ1v) is 12.7. The molecule has 226 valence electrons. The largest absolute Gasteiger partial charge is 0.481 e. The van der Waals surface area contributed by atoms with E-state index in [0.717, 1.165) is 0 Å². The number of carbonyl (C=O) groups is 2. The predicted octanol–water partition coefficient (Wildman–Crippen LogP) is -0.200. The summed E-state index contributed by atoms with van der Waals surface area (Å²) >= 11 is 0. The van der Waals surface area contributed by atoms with Crippen LogP contribution in [-0.2, 0) is 61.7 Å². The van der Waals surface area contributed by atoms with Gasteiger partial charge in [-0.15, -0.1) is 0 Å². The van der Waals surface area contributed by atoms with Crippen molar-refractivity contribution < 1.29 is 66.8 Å². The highest BCUT2D eigenvalue weighted by Gasteiger charge is 1.99. The zero-order valence-corrected chi connectivity index (χ0v) is 22.6. The Balaban J connectivity index is 3.05. The molecule has 0 aromatic rings. The molecule has 0 aromatic carbocycles. The second-order valence-electron chi connectivity index (χ2n) is 7.28. The van der Waals surface area contributed by atoms with Gasteiger partial charge in [0.1, 0.15) is 6.61 Å². The lowest BCUT2D eigenvalue weighted by atomic mass is 10.5. The number of carboxylic acids is 1. The molecule has 14 heteroatoms. The van der Waals surface area contributed by atoms with E-state index in [1.807, 2.05) is 0 Å². The Morgan fingerprint density at radius 3 is 0.895 bits per heavy atom. The van der Waals surface area contributed by atoms with Gasteiger partial charge in [0.25, 0.3) is 0 Å². The second-order valence-corrected chi connectivity index (χ2v) is 7.28. The molecule has 0 aromatic heterocycles. The van der Waals surface area contributed by atoms with Gasteiger partial charge >= 0.3 is 11.9 Å². The van der Waals surface area contributed by atoms with Crippen LogP contribution in [-0.4, -0.2) is 156 Å². The molecule has 0 aliphatic heterocycles. The van der Waals surface area contributed by atoms with E-state index in [-0.39, 0.29) is 19.6 Å². The molecule has 0 bridgehead atoms. The maximum absolute atomic E-state index is 10.8. The molecule has 0 fully saturated rings. The van der Waals surface area contributed by atoms with Crippen molar-refractivity contribution >= 4 is 11.9 Å². The van der Waals surface area contributed by atoms with Gasteiger partial charge in [-0.2, -0.15) is 0 Å². The molecule has 0 aliphatic carbocycles. The quantitative estimate of drug-likeness (QED) is 0.0855. The highest BCUT2D eigenvalue weighted by Crippen LogP contribution is 1.87. The normalized spacial score (nSPS) is 11.2. The number of carbonyl (C=O) groups excluding carboxylic acids is 1. The maximum atomic E-state index is 10.8. The van der Waals surface area contributed by atoms with Gasteiger partial charge in [-0.05, 0) is 0 Å². The average Bonchev–Trinajstić information content (AvgIpc) is 2.91. The summed E-state index contributed by atoms with van der Waals surface area (Å²) in [5.74, 6) is -1.29. The number of hydrogen-bond acceptors (Lipinski definition) is 13. The van der Waals surface area contributed by atoms with Crippen molar-refractivity contribution in [2.75, 3.05) is 139 Å². The number of aliphatic carboxylic acids is 1. The van der Waals surface area contributed by atoms with Crippen LogP contribution in [0, 0.1) is 0 Å². The van der Waals surface area contributed by atoms with Crippen molar-refractivity contribution in [2.45, 2.75) is 6.42 Å². The molecule has 0 rings (SSSR count). The number of methoxy groups -OCH3 is 1. The summed E-state index contributed by atoms with van der Waals surface area (Å²) in [5, 5.41) is 8.46. The smallest absolute Gasteiger partial charge is 0.331 e. The van der Waals surface area contributed by atoms with Crippen LogP contribution in [0.4, 0.5) is 0 Å². The fourth-order valence-electron chi connectivity index (χ4n) is 2.35. The van der Waals surface area contributed by atoms with Gasteiger partial charge < -0.3 is 57.2 Å². The molecule has 0 unspecified atom stereocenters. The standard InChI is InChI=1S/C24H46O14/c1-28-24(27)22-38-21-20-37-19-18-36-17-16-35-15-14-34-13-12-33-11-10-32-9-8-31-7-6-30-5-4-29-3-2-23(25)26/h2-22H2,1H3,(H,25,26). The average molecular weight is 559 g/mol. The topological polar surface area (TPSA) is 156 Å². The Morgan fingerprint density at radius 1 is 0.421 bits per heavy atom. The minimum atomic E-state index is -0.877. The van der Waals surface area contributed by atoms with E-state index in [4.69, 9.17) is 52.5 Å². The lowest BCUT2D eigenvalue weighted by Crippen LogP contribution is -2.16. The summed E-state index contributed by atoms with van der Waals surface area (Å²) < 4.78 is 57.6. The minimum absolute atomic E-state index is 0.00465. The second kappa shape index (κ2) is 31.8. The highest BCUT2D eigenvalue weighted by molar-refractivity contribution is 5.70. The van der Waals surface area contributed by atoms with Crippen molar-refractivity contribution in [3.63, 3.8) is 0 Å². The first-order valence-electron chi connectivity index (χ1n) is 12.7. The number of esters is 1. The van der Waals surface area contributed by atoms with Crippen LogP contribution in [0.3, 0.4) is 0 Å². The van der Waals surface area contributed by atoms with Crippen molar-refractivity contribution in [3.8, 4) is 0 Å². The third-order valence-electron chi connectivity index (χ3n) is 4.26. The number of rotatable bonds is 32. The molecule has 0 spiro atoms. The van der Waals surface area contributed by atoms with Crippen LogP contribution in [0.25, 0.3) is 0 Å². The Bertz CT molecular complexity index is 509. The molecule has 38 heavy (non-hydrogen) atoms. The number of hydrogen-bond donors (Lipinski definition) is 1. The summed E-state index contributed by atoms with van der Waals surface area (Å²) in [4.78, 5) is 21.1. The number of ether oxygens (including phenoxy) is 11. The van der Waals surface area contributed by atoms with E-state index < -0.39 is 11.9 Å². The van der Waals surface area contributed by atoms with Crippen LogP contribution in [0.2, 0.25) is 0 Å².